The van der Waals surface area contributed by atoms with Crippen LogP contribution in [0.1, 0.15) is 12.0 Å². The van der Waals surface area contributed by atoms with Gasteiger partial charge < -0.3 is 15.8 Å². The van der Waals surface area contributed by atoms with Crippen molar-refractivity contribution in [1.29, 1.82) is 0 Å². The zero-order valence-electron chi connectivity index (χ0n) is 10.3. The maximum atomic E-state index is 11.3. The number of carbonyl (C=O) groups excluding carboxylic acids is 1. The fourth-order valence-corrected chi connectivity index (χ4v) is 2.12. The molecule has 0 aliphatic carbocycles. The third-order valence-corrected chi connectivity index (χ3v) is 3.12. The summed E-state index contributed by atoms with van der Waals surface area (Å²) in [6, 6.07) is 13.0. The Kier molecular flexibility index (Phi) is 2.83. The van der Waals surface area contributed by atoms with Crippen LogP contribution in [-0.2, 0) is 11.2 Å². The molecule has 1 aliphatic heterocycles. The molecule has 19 heavy (non-hydrogen) atoms. The highest BCUT2D eigenvalue weighted by atomic mass is 16.5. The minimum absolute atomic E-state index is 0.0634. The summed E-state index contributed by atoms with van der Waals surface area (Å²) < 4.78 is 5.76. The van der Waals surface area contributed by atoms with Gasteiger partial charge in [-0.1, -0.05) is 12.1 Å². The Bertz CT molecular complexity index is 638. The zero-order chi connectivity index (χ0) is 13.2. The van der Waals surface area contributed by atoms with Gasteiger partial charge >= 0.3 is 0 Å². The number of rotatable bonds is 2. The Balaban J connectivity index is 1.87. The molecule has 0 atom stereocenters. The first-order valence-corrected chi connectivity index (χ1v) is 6.17. The highest BCUT2D eigenvalue weighted by molar-refractivity contribution is 5.94. The van der Waals surface area contributed by atoms with Crippen LogP contribution in [0.5, 0.6) is 11.5 Å². The number of aryl methyl sites for hydroxylation is 1. The number of fused-ring (bicyclic) bond motifs is 1. The maximum absolute atomic E-state index is 11.3. The third kappa shape index (κ3) is 2.38. The van der Waals surface area contributed by atoms with Crippen molar-refractivity contribution in [3.63, 3.8) is 0 Å². The van der Waals surface area contributed by atoms with Crippen LogP contribution in [-0.4, -0.2) is 5.91 Å². The van der Waals surface area contributed by atoms with Gasteiger partial charge in [-0.25, -0.2) is 0 Å². The summed E-state index contributed by atoms with van der Waals surface area (Å²) in [5.41, 5.74) is 8.40. The van der Waals surface area contributed by atoms with Gasteiger partial charge in [0.2, 0.25) is 5.91 Å². The monoisotopic (exact) mass is 254 g/mol. The molecule has 1 heterocycles. The normalized spacial score (nSPS) is 13.6. The lowest BCUT2D eigenvalue weighted by Gasteiger charge is -2.17. The SMILES string of the molecule is Nc1ccccc1Oc1ccc2c(c1)CCC(=O)N2. The predicted molar refractivity (Wildman–Crippen MR) is 74.3 cm³/mol. The quantitative estimate of drug-likeness (QED) is 0.810. The Morgan fingerprint density at radius 1 is 1.11 bits per heavy atom. The molecule has 0 spiro atoms. The van der Waals surface area contributed by atoms with E-state index in [1.165, 1.54) is 0 Å². The molecular weight excluding hydrogens is 240 g/mol. The number of nitrogen functional groups attached to an aromatic ring is 1. The smallest absolute Gasteiger partial charge is 0.224 e. The number of ether oxygens (including phenoxy) is 1. The number of carbonyl (C=O) groups is 1. The second-order valence-electron chi connectivity index (χ2n) is 4.51. The second-order valence-corrected chi connectivity index (χ2v) is 4.51. The van der Waals surface area contributed by atoms with Crippen molar-refractivity contribution >= 4 is 17.3 Å². The molecule has 2 aromatic carbocycles. The number of nitrogens with two attached hydrogens (primary N) is 1. The average Bonchev–Trinajstić information content (AvgIpc) is 2.41. The number of para-hydroxylation sites is 2. The lowest BCUT2D eigenvalue weighted by atomic mass is 10.0. The number of nitrogens with one attached hydrogen (secondary N) is 1. The van der Waals surface area contributed by atoms with E-state index in [-0.39, 0.29) is 5.91 Å². The molecule has 4 nitrogen and oxygen atoms in total. The molecule has 0 aromatic heterocycles. The molecule has 0 saturated carbocycles. The Morgan fingerprint density at radius 3 is 2.79 bits per heavy atom. The van der Waals surface area contributed by atoms with Crippen LogP contribution >= 0.6 is 0 Å². The van der Waals surface area contributed by atoms with E-state index >= 15 is 0 Å². The van der Waals surface area contributed by atoms with Gasteiger partial charge in [0.25, 0.3) is 0 Å². The third-order valence-electron chi connectivity index (χ3n) is 3.12. The second kappa shape index (κ2) is 4.65. The van der Waals surface area contributed by atoms with Gasteiger partial charge in [0.15, 0.2) is 0 Å². The number of benzene rings is 2. The van der Waals surface area contributed by atoms with E-state index in [1.807, 2.05) is 36.4 Å². The molecule has 0 radical (unpaired) electrons. The number of hydrogen-bond donors (Lipinski definition) is 2. The topological polar surface area (TPSA) is 64.3 Å². The van der Waals surface area contributed by atoms with E-state index in [9.17, 15) is 4.79 Å². The molecule has 3 rings (SSSR count). The van der Waals surface area contributed by atoms with Gasteiger partial charge in [0.1, 0.15) is 11.5 Å². The molecule has 1 aliphatic rings. The average molecular weight is 254 g/mol. The summed E-state index contributed by atoms with van der Waals surface area (Å²) in [7, 11) is 0. The number of amides is 1. The van der Waals surface area contributed by atoms with E-state index in [2.05, 4.69) is 5.32 Å². The molecule has 3 N–H and O–H groups in total. The minimum Gasteiger partial charge on any atom is -0.455 e. The van der Waals surface area contributed by atoms with E-state index in [1.54, 1.807) is 6.07 Å². The summed E-state index contributed by atoms with van der Waals surface area (Å²) in [6.45, 7) is 0. The maximum Gasteiger partial charge on any atom is 0.224 e. The van der Waals surface area contributed by atoms with E-state index < -0.39 is 0 Å². The van der Waals surface area contributed by atoms with Crippen LogP contribution in [0.4, 0.5) is 11.4 Å². The van der Waals surface area contributed by atoms with Gasteiger partial charge in [-0.15, -0.1) is 0 Å². The molecule has 0 fully saturated rings. The number of anilines is 2. The molecule has 0 bridgehead atoms. The van der Waals surface area contributed by atoms with Crippen molar-refractivity contribution < 1.29 is 9.53 Å². The zero-order valence-corrected chi connectivity index (χ0v) is 10.3. The van der Waals surface area contributed by atoms with Crippen LogP contribution in [0.25, 0.3) is 0 Å². The van der Waals surface area contributed by atoms with Crippen LogP contribution < -0.4 is 15.8 Å². The van der Waals surface area contributed by atoms with Crippen LogP contribution in [0, 0.1) is 0 Å². The van der Waals surface area contributed by atoms with E-state index in [0.717, 1.165) is 23.4 Å². The minimum atomic E-state index is 0.0634. The van der Waals surface area contributed by atoms with Crippen molar-refractivity contribution in [2.24, 2.45) is 0 Å². The molecule has 0 saturated heterocycles. The Morgan fingerprint density at radius 2 is 1.95 bits per heavy atom. The van der Waals surface area contributed by atoms with E-state index in [4.69, 9.17) is 10.5 Å². The van der Waals surface area contributed by atoms with Crippen molar-refractivity contribution in [1.82, 2.24) is 0 Å². The highest BCUT2D eigenvalue weighted by Crippen LogP contribution is 2.31. The van der Waals surface area contributed by atoms with Gasteiger partial charge in [-0.2, -0.15) is 0 Å². The Hall–Kier alpha value is -2.49. The van der Waals surface area contributed by atoms with Gasteiger partial charge in [-0.05, 0) is 42.3 Å². The van der Waals surface area contributed by atoms with Crippen molar-refractivity contribution in [2.75, 3.05) is 11.1 Å². The van der Waals surface area contributed by atoms with Crippen molar-refractivity contribution in [3.05, 3.63) is 48.0 Å². The molecule has 4 heteroatoms. The molecule has 96 valence electrons. The first-order valence-electron chi connectivity index (χ1n) is 6.17. The van der Waals surface area contributed by atoms with Crippen LogP contribution in [0.3, 0.4) is 0 Å². The summed E-state index contributed by atoms with van der Waals surface area (Å²) in [6.07, 6.45) is 1.26. The predicted octanol–water partition coefficient (Wildman–Crippen LogP) is 2.95. The standard InChI is InChI=1S/C15H14N2O2/c16-12-3-1-2-4-14(12)19-11-6-7-13-10(9-11)5-8-15(18)17-13/h1-4,6-7,9H,5,8,16H2,(H,17,18). The van der Waals surface area contributed by atoms with Crippen molar-refractivity contribution in [2.45, 2.75) is 12.8 Å². The fraction of sp³-hybridized carbons (Fsp3) is 0.133. The van der Waals surface area contributed by atoms with Crippen LogP contribution in [0.15, 0.2) is 42.5 Å². The highest BCUT2D eigenvalue weighted by Gasteiger charge is 2.15. The first-order chi connectivity index (χ1) is 9.22. The molecule has 2 aromatic rings. The van der Waals surface area contributed by atoms with Gasteiger partial charge in [0, 0.05) is 12.1 Å². The van der Waals surface area contributed by atoms with Gasteiger partial charge in [0.05, 0.1) is 5.69 Å². The molecule has 0 unspecified atom stereocenters. The van der Waals surface area contributed by atoms with Crippen molar-refractivity contribution in [3.8, 4) is 11.5 Å². The molecular formula is C15H14N2O2. The first kappa shape index (κ1) is 11.6. The lowest BCUT2D eigenvalue weighted by Crippen LogP contribution is -2.18. The van der Waals surface area contributed by atoms with E-state index in [0.29, 0.717) is 17.9 Å². The summed E-state index contributed by atoms with van der Waals surface area (Å²) >= 11 is 0. The molecule has 1 amide bonds. The van der Waals surface area contributed by atoms with Crippen LogP contribution in [0.2, 0.25) is 0 Å². The lowest BCUT2D eigenvalue weighted by molar-refractivity contribution is -0.116. The largest absolute Gasteiger partial charge is 0.455 e. The summed E-state index contributed by atoms with van der Waals surface area (Å²) in [5.74, 6) is 1.43. The number of hydrogen-bond acceptors (Lipinski definition) is 3. The van der Waals surface area contributed by atoms with Gasteiger partial charge in [-0.3, -0.25) is 4.79 Å². The summed E-state index contributed by atoms with van der Waals surface area (Å²) in [5, 5.41) is 2.84. The fourth-order valence-electron chi connectivity index (χ4n) is 2.12. The summed E-state index contributed by atoms with van der Waals surface area (Å²) in [4.78, 5) is 11.3. The Labute approximate surface area is 111 Å².